The zero-order valence-electron chi connectivity index (χ0n) is 16.2. The Hall–Kier alpha value is -3.47. The molecule has 5 nitrogen and oxygen atoms in total. The third kappa shape index (κ3) is 6.88. The number of aliphatic carboxylic acids is 1. The molecule has 5 heteroatoms. The Morgan fingerprint density at radius 2 is 1.21 bits per heavy atom. The van der Waals surface area contributed by atoms with E-state index in [4.69, 9.17) is 14.6 Å². The highest BCUT2D eigenvalue weighted by Crippen LogP contribution is 2.17. The smallest absolute Gasteiger partial charge is 0.307 e. The summed E-state index contributed by atoms with van der Waals surface area (Å²) in [6.45, 7) is 2.44. The zero-order chi connectivity index (χ0) is 20.3. The first-order chi connectivity index (χ1) is 14.2. The summed E-state index contributed by atoms with van der Waals surface area (Å²) in [5, 5.41) is 8.95. The number of anilines is 1. The predicted octanol–water partition coefficient (Wildman–Crippen LogP) is 4.28. The van der Waals surface area contributed by atoms with E-state index in [0.717, 1.165) is 22.7 Å². The van der Waals surface area contributed by atoms with Crippen molar-refractivity contribution in [1.82, 2.24) is 0 Å². The SMILES string of the molecule is O=C(O)Cc1ccc(N(CCOc2ccccc2)CCOc2ccccc2)cc1. The van der Waals surface area contributed by atoms with Crippen LogP contribution in [0.1, 0.15) is 5.56 Å². The van der Waals surface area contributed by atoms with Gasteiger partial charge in [-0.2, -0.15) is 0 Å². The highest BCUT2D eigenvalue weighted by Gasteiger charge is 2.09. The molecule has 1 N–H and O–H groups in total. The molecule has 0 fully saturated rings. The van der Waals surface area contributed by atoms with Crippen LogP contribution < -0.4 is 14.4 Å². The molecule has 0 aliphatic heterocycles. The van der Waals surface area contributed by atoms with E-state index in [0.29, 0.717) is 26.3 Å². The number of carbonyl (C=O) groups is 1. The minimum atomic E-state index is -0.831. The quantitative estimate of drug-likeness (QED) is 0.529. The van der Waals surface area contributed by atoms with Crippen molar-refractivity contribution >= 4 is 11.7 Å². The number of para-hydroxylation sites is 2. The second-order valence-corrected chi connectivity index (χ2v) is 6.55. The van der Waals surface area contributed by atoms with Crippen molar-refractivity contribution in [3.63, 3.8) is 0 Å². The Morgan fingerprint density at radius 1 is 0.724 bits per heavy atom. The molecule has 0 aromatic heterocycles. The lowest BCUT2D eigenvalue weighted by Crippen LogP contribution is -2.32. The number of rotatable bonds is 11. The van der Waals surface area contributed by atoms with E-state index >= 15 is 0 Å². The summed E-state index contributed by atoms with van der Waals surface area (Å²) >= 11 is 0. The molecule has 0 radical (unpaired) electrons. The fourth-order valence-electron chi connectivity index (χ4n) is 2.95. The number of carboxylic acid groups (broad SMARTS) is 1. The molecule has 0 saturated heterocycles. The summed E-state index contributed by atoms with van der Waals surface area (Å²) in [5.74, 6) is 0.844. The van der Waals surface area contributed by atoms with Gasteiger partial charge in [-0.25, -0.2) is 0 Å². The molecule has 0 bridgehead atoms. The Morgan fingerprint density at radius 3 is 1.66 bits per heavy atom. The van der Waals surface area contributed by atoms with Crippen LogP contribution in [0.25, 0.3) is 0 Å². The molecular weight excluding hydrogens is 366 g/mol. The Labute approximate surface area is 171 Å². The minimum absolute atomic E-state index is 0.0223. The van der Waals surface area contributed by atoms with Crippen LogP contribution in [-0.2, 0) is 11.2 Å². The maximum absolute atomic E-state index is 10.9. The summed E-state index contributed by atoms with van der Waals surface area (Å²) in [7, 11) is 0. The van der Waals surface area contributed by atoms with Gasteiger partial charge >= 0.3 is 5.97 Å². The number of hydrogen-bond acceptors (Lipinski definition) is 4. The molecule has 3 aromatic carbocycles. The van der Waals surface area contributed by atoms with E-state index < -0.39 is 5.97 Å². The standard InChI is InChI=1S/C24H25NO4/c26-24(27)19-20-11-13-21(14-12-20)25(15-17-28-22-7-3-1-4-8-22)16-18-29-23-9-5-2-6-10-23/h1-14H,15-19H2,(H,26,27). The van der Waals surface area contributed by atoms with E-state index in [2.05, 4.69) is 4.90 Å². The lowest BCUT2D eigenvalue weighted by Gasteiger charge is -2.25. The Bertz CT molecular complexity index is 821. The molecule has 3 aromatic rings. The van der Waals surface area contributed by atoms with E-state index in [1.165, 1.54) is 0 Å². The van der Waals surface area contributed by atoms with Gasteiger partial charge in [0.05, 0.1) is 19.5 Å². The van der Waals surface area contributed by atoms with Crippen molar-refractivity contribution in [3.05, 3.63) is 90.5 Å². The van der Waals surface area contributed by atoms with Crippen molar-refractivity contribution in [2.24, 2.45) is 0 Å². The first kappa shape index (κ1) is 20.3. The van der Waals surface area contributed by atoms with Crippen LogP contribution in [0.5, 0.6) is 11.5 Å². The second-order valence-electron chi connectivity index (χ2n) is 6.55. The van der Waals surface area contributed by atoms with E-state index in [-0.39, 0.29) is 6.42 Å². The van der Waals surface area contributed by atoms with Crippen LogP contribution in [0.15, 0.2) is 84.9 Å². The fourth-order valence-corrected chi connectivity index (χ4v) is 2.95. The largest absolute Gasteiger partial charge is 0.492 e. The van der Waals surface area contributed by atoms with Crippen LogP contribution >= 0.6 is 0 Å². The van der Waals surface area contributed by atoms with Gasteiger partial charge in [-0.3, -0.25) is 4.79 Å². The molecule has 0 spiro atoms. The van der Waals surface area contributed by atoms with Crippen LogP contribution in [0.4, 0.5) is 5.69 Å². The number of benzene rings is 3. The molecule has 150 valence electrons. The summed E-state index contributed by atoms with van der Waals surface area (Å²) in [4.78, 5) is 13.1. The molecule has 0 aliphatic rings. The highest BCUT2D eigenvalue weighted by molar-refractivity contribution is 5.70. The van der Waals surface area contributed by atoms with Gasteiger partial charge in [0.25, 0.3) is 0 Å². The van der Waals surface area contributed by atoms with Crippen molar-refractivity contribution in [3.8, 4) is 11.5 Å². The topological polar surface area (TPSA) is 59.0 Å². The summed E-state index contributed by atoms with van der Waals surface area (Å²) < 4.78 is 11.7. The lowest BCUT2D eigenvalue weighted by atomic mass is 10.1. The molecule has 0 heterocycles. The maximum atomic E-state index is 10.9. The zero-order valence-corrected chi connectivity index (χ0v) is 16.2. The van der Waals surface area contributed by atoms with Gasteiger partial charge in [-0.05, 0) is 42.0 Å². The monoisotopic (exact) mass is 391 g/mol. The highest BCUT2D eigenvalue weighted by atomic mass is 16.5. The average molecular weight is 391 g/mol. The second kappa shape index (κ2) is 10.8. The van der Waals surface area contributed by atoms with Crippen molar-refractivity contribution in [2.75, 3.05) is 31.2 Å². The Kier molecular flexibility index (Phi) is 7.52. The van der Waals surface area contributed by atoms with E-state index in [1.807, 2.05) is 84.9 Å². The lowest BCUT2D eigenvalue weighted by molar-refractivity contribution is -0.136. The van der Waals surface area contributed by atoms with Gasteiger partial charge in [-0.15, -0.1) is 0 Å². The third-order valence-corrected chi connectivity index (χ3v) is 4.40. The van der Waals surface area contributed by atoms with Crippen molar-refractivity contribution in [2.45, 2.75) is 6.42 Å². The molecule has 3 rings (SSSR count). The summed E-state index contributed by atoms with van der Waals surface area (Å²) in [6.07, 6.45) is 0.0223. The molecule has 0 unspecified atom stereocenters. The number of ether oxygens (including phenoxy) is 2. The molecular formula is C24H25NO4. The van der Waals surface area contributed by atoms with E-state index in [9.17, 15) is 4.79 Å². The summed E-state index contributed by atoms with van der Waals surface area (Å²) in [6, 6.07) is 27.0. The molecule has 29 heavy (non-hydrogen) atoms. The van der Waals surface area contributed by atoms with Crippen molar-refractivity contribution < 1.29 is 19.4 Å². The van der Waals surface area contributed by atoms with Gasteiger partial charge in [0, 0.05) is 5.69 Å². The minimum Gasteiger partial charge on any atom is -0.492 e. The van der Waals surface area contributed by atoms with Gasteiger partial charge in [-0.1, -0.05) is 48.5 Å². The summed E-state index contributed by atoms with van der Waals surface area (Å²) in [5.41, 5.74) is 1.79. The fraction of sp³-hybridized carbons (Fsp3) is 0.208. The van der Waals surface area contributed by atoms with Gasteiger partial charge in [0.15, 0.2) is 0 Å². The molecule has 0 saturated carbocycles. The van der Waals surface area contributed by atoms with Crippen molar-refractivity contribution in [1.29, 1.82) is 0 Å². The molecule has 0 aliphatic carbocycles. The predicted molar refractivity (Wildman–Crippen MR) is 114 cm³/mol. The normalized spacial score (nSPS) is 10.3. The number of carboxylic acids is 1. The third-order valence-electron chi connectivity index (χ3n) is 4.40. The maximum Gasteiger partial charge on any atom is 0.307 e. The average Bonchev–Trinajstić information content (AvgIpc) is 2.74. The molecule has 0 atom stereocenters. The van der Waals surface area contributed by atoms with Crippen LogP contribution in [0, 0.1) is 0 Å². The molecule has 0 amide bonds. The van der Waals surface area contributed by atoms with Gasteiger partial charge < -0.3 is 19.5 Å². The number of hydrogen-bond donors (Lipinski definition) is 1. The van der Waals surface area contributed by atoms with Crippen LogP contribution in [0.3, 0.4) is 0 Å². The van der Waals surface area contributed by atoms with E-state index in [1.54, 1.807) is 0 Å². The van der Waals surface area contributed by atoms with Gasteiger partial charge in [0.2, 0.25) is 0 Å². The van der Waals surface area contributed by atoms with Crippen LogP contribution in [-0.4, -0.2) is 37.4 Å². The first-order valence-electron chi connectivity index (χ1n) is 9.62. The van der Waals surface area contributed by atoms with Crippen LogP contribution in [0.2, 0.25) is 0 Å². The van der Waals surface area contributed by atoms with Gasteiger partial charge in [0.1, 0.15) is 24.7 Å². The number of nitrogens with zero attached hydrogens (tertiary/aromatic N) is 1. The Balaban J connectivity index is 1.60. The first-order valence-corrected chi connectivity index (χ1v) is 9.62.